The maximum absolute atomic E-state index is 6.18. The topological polar surface area (TPSA) is 21.3 Å². The Morgan fingerprint density at radius 2 is 0.841 bits per heavy atom. The first-order valence-electron chi connectivity index (χ1n) is 21.8. The Morgan fingerprint density at radius 1 is 0.381 bits per heavy atom. The highest BCUT2D eigenvalue weighted by Crippen LogP contribution is 2.40. The largest absolute Gasteiger partial charge is 0.460 e. The highest BCUT2D eigenvalue weighted by Gasteiger charge is 2.18. The van der Waals surface area contributed by atoms with E-state index < -0.39 is 0 Å². The summed E-state index contributed by atoms with van der Waals surface area (Å²) in [5, 5.41) is 3.66. The van der Waals surface area contributed by atoms with Crippen molar-refractivity contribution in [1.29, 1.82) is 0 Å². The average molecular weight is 807 g/mol. The van der Waals surface area contributed by atoms with Crippen LogP contribution in [0.3, 0.4) is 0 Å². The summed E-state index contributed by atoms with van der Waals surface area (Å²) in [7, 11) is 0. The van der Waals surface area contributed by atoms with Gasteiger partial charge in [0.2, 0.25) is 0 Å². The van der Waals surface area contributed by atoms with Gasteiger partial charge in [0, 0.05) is 50.9 Å². The molecule has 0 aliphatic heterocycles. The van der Waals surface area contributed by atoms with Crippen LogP contribution in [0.4, 0.5) is 17.1 Å². The third-order valence-corrected chi connectivity index (χ3v) is 12.7. The number of benzene rings is 9. The Bertz CT molecular complexity index is 3370. The van der Waals surface area contributed by atoms with Gasteiger partial charge in [-0.05, 0) is 130 Å². The second-order valence-electron chi connectivity index (χ2n) is 16.4. The van der Waals surface area contributed by atoms with Gasteiger partial charge in [-0.15, -0.1) is 0 Å². The molecule has 0 unspecified atom stereocenters. The second-order valence-corrected chi connectivity index (χ2v) is 16.4. The number of allylic oxidation sites excluding steroid dienone is 1. The molecule has 0 saturated carbocycles. The maximum Gasteiger partial charge on any atom is 0.134 e. The molecule has 63 heavy (non-hydrogen) atoms. The van der Waals surface area contributed by atoms with E-state index in [1.807, 2.05) is 0 Å². The Hall–Kier alpha value is -8.14. The van der Waals surface area contributed by atoms with Crippen LogP contribution in [0.15, 0.2) is 229 Å². The molecule has 2 heterocycles. The SMILES string of the molecule is C1=Cc2c(oc3ccc(-c4ccc(-c5ccc6c(c5)c5ccccc5n6-c5ccc(N(c6ccc(-c7ccccc7)cc6)c6ccc(-c7ccccc7)cc6)cc5)cc4)cc23)CC1. The van der Waals surface area contributed by atoms with Gasteiger partial charge in [-0.25, -0.2) is 0 Å². The molecule has 0 fully saturated rings. The van der Waals surface area contributed by atoms with Crippen LogP contribution in [0.5, 0.6) is 0 Å². The van der Waals surface area contributed by atoms with E-state index in [1.54, 1.807) is 0 Å². The van der Waals surface area contributed by atoms with Crippen LogP contribution in [0.2, 0.25) is 0 Å². The average Bonchev–Trinajstić information content (AvgIpc) is 3.90. The minimum absolute atomic E-state index is 0.965. The van der Waals surface area contributed by atoms with Crippen molar-refractivity contribution in [1.82, 2.24) is 4.57 Å². The van der Waals surface area contributed by atoms with E-state index in [1.165, 1.54) is 77.3 Å². The number of rotatable bonds is 8. The van der Waals surface area contributed by atoms with Gasteiger partial charge in [-0.2, -0.15) is 0 Å². The lowest BCUT2D eigenvalue weighted by Gasteiger charge is -2.26. The molecule has 0 amide bonds. The highest BCUT2D eigenvalue weighted by molar-refractivity contribution is 6.10. The second kappa shape index (κ2) is 15.4. The minimum atomic E-state index is 0.965. The number of hydrogen-bond donors (Lipinski definition) is 0. The van der Waals surface area contributed by atoms with Gasteiger partial charge >= 0.3 is 0 Å². The van der Waals surface area contributed by atoms with Crippen molar-refractivity contribution in [3.63, 3.8) is 0 Å². The van der Waals surface area contributed by atoms with E-state index in [9.17, 15) is 0 Å². The summed E-state index contributed by atoms with van der Waals surface area (Å²) >= 11 is 0. The fourth-order valence-electron chi connectivity index (χ4n) is 9.48. The van der Waals surface area contributed by atoms with E-state index in [0.717, 1.165) is 46.9 Å². The summed E-state index contributed by atoms with van der Waals surface area (Å²) in [5.41, 5.74) is 18.6. The third-order valence-electron chi connectivity index (χ3n) is 12.7. The quantitative estimate of drug-likeness (QED) is 0.153. The predicted octanol–water partition coefficient (Wildman–Crippen LogP) is 16.6. The van der Waals surface area contributed by atoms with Crippen LogP contribution in [0.1, 0.15) is 17.7 Å². The van der Waals surface area contributed by atoms with Crippen molar-refractivity contribution in [2.24, 2.45) is 0 Å². The number of hydrogen-bond acceptors (Lipinski definition) is 2. The summed E-state index contributed by atoms with van der Waals surface area (Å²) in [5.74, 6) is 1.10. The maximum atomic E-state index is 6.18. The Balaban J connectivity index is 0.885. The van der Waals surface area contributed by atoms with E-state index in [4.69, 9.17) is 4.42 Å². The summed E-state index contributed by atoms with van der Waals surface area (Å²) in [6.45, 7) is 0. The molecule has 0 radical (unpaired) electrons. The fraction of sp³-hybridized carbons (Fsp3) is 0.0333. The Kier molecular flexibility index (Phi) is 8.97. The van der Waals surface area contributed by atoms with Crippen molar-refractivity contribution in [2.45, 2.75) is 12.8 Å². The van der Waals surface area contributed by atoms with E-state index in [2.05, 4.69) is 240 Å². The molecule has 3 heteroatoms. The fourth-order valence-corrected chi connectivity index (χ4v) is 9.48. The molecule has 12 rings (SSSR count). The Labute approximate surface area is 367 Å². The number of furan rings is 1. The first-order chi connectivity index (χ1) is 31.2. The van der Waals surface area contributed by atoms with Gasteiger partial charge in [0.05, 0.1) is 11.0 Å². The van der Waals surface area contributed by atoms with Gasteiger partial charge in [0.25, 0.3) is 0 Å². The van der Waals surface area contributed by atoms with E-state index in [-0.39, 0.29) is 0 Å². The zero-order valence-electron chi connectivity index (χ0n) is 34.7. The molecule has 0 saturated heterocycles. The molecule has 3 nitrogen and oxygen atoms in total. The van der Waals surface area contributed by atoms with Crippen molar-refractivity contribution < 1.29 is 4.42 Å². The van der Waals surface area contributed by atoms with Crippen LogP contribution in [-0.2, 0) is 6.42 Å². The van der Waals surface area contributed by atoms with Crippen molar-refractivity contribution in [2.75, 3.05) is 4.90 Å². The predicted molar refractivity (Wildman–Crippen MR) is 264 cm³/mol. The molecule has 9 aromatic carbocycles. The zero-order chi connectivity index (χ0) is 41.7. The van der Waals surface area contributed by atoms with Gasteiger partial charge in [0.15, 0.2) is 0 Å². The molecule has 2 aromatic heterocycles. The lowest BCUT2D eigenvalue weighted by atomic mass is 9.97. The monoisotopic (exact) mass is 806 g/mol. The number of aryl methyl sites for hydroxylation is 1. The Morgan fingerprint density at radius 3 is 1.46 bits per heavy atom. The third kappa shape index (κ3) is 6.63. The normalized spacial score (nSPS) is 12.3. The van der Waals surface area contributed by atoms with Gasteiger partial charge in [0.1, 0.15) is 11.3 Å². The lowest BCUT2D eigenvalue weighted by molar-refractivity contribution is 0.546. The molecular weight excluding hydrogens is 765 g/mol. The number of para-hydroxylation sites is 1. The van der Waals surface area contributed by atoms with E-state index >= 15 is 0 Å². The number of aromatic nitrogens is 1. The van der Waals surface area contributed by atoms with Gasteiger partial charge in [-0.3, -0.25) is 0 Å². The molecule has 1 aliphatic rings. The highest BCUT2D eigenvalue weighted by atomic mass is 16.3. The van der Waals surface area contributed by atoms with Gasteiger partial charge < -0.3 is 13.9 Å². The molecule has 11 aromatic rings. The van der Waals surface area contributed by atoms with Crippen LogP contribution in [-0.4, -0.2) is 4.57 Å². The molecule has 0 spiro atoms. The zero-order valence-corrected chi connectivity index (χ0v) is 34.7. The van der Waals surface area contributed by atoms with Crippen molar-refractivity contribution in [3.8, 4) is 50.2 Å². The van der Waals surface area contributed by atoms with Crippen LogP contribution in [0.25, 0.3) is 89.0 Å². The minimum Gasteiger partial charge on any atom is -0.460 e. The van der Waals surface area contributed by atoms with Crippen LogP contribution >= 0.6 is 0 Å². The van der Waals surface area contributed by atoms with Crippen LogP contribution < -0.4 is 4.90 Å². The first kappa shape index (κ1) is 36.7. The van der Waals surface area contributed by atoms with Gasteiger partial charge in [-0.1, -0.05) is 152 Å². The standard InChI is InChI=1S/C60H42N2O/c1-3-11-41(12-4-1)43-23-29-49(30-24-43)61(50-31-25-44(26-32-50)42-13-5-2-6-14-42)51-33-35-52(36-34-51)62-57-17-9-7-15-53(57)55-39-47(27-37-58(55)62)45-19-21-46(22-20-45)48-28-38-60-56(40-48)54-16-8-10-18-59(54)63-60/h1-9,11-17,19-40H,10,18H2. The number of fused-ring (bicyclic) bond motifs is 6. The summed E-state index contributed by atoms with van der Waals surface area (Å²) < 4.78 is 8.57. The summed E-state index contributed by atoms with van der Waals surface area (Å²) in [6, 6.07) is 79.1. The van der Waals surface area contributed by atoms with Crippen molar-refractivity contribution in [3.05, 3.63) is 236 Å². The number of nitrogens with zero attached hydrogens (tertiary/aromatic N) is 2. The molecule has 0 N–H and O–H groups in total. The molecule has 1 aliphatic carbocycles. The smallest absolute Gasteiger partial charge is 0.134 e. The summed E-state index contributed by atoms with van der Waals surface area (Å²) in [4.78, 5) is 2.34. The summed E-state index contributed by atoms with van der Waals surface area (Å²) in [6.07, 6.45) is 6.47. The molecule has 0 atom stereocenters. The molecular formula is C60H42N2O. The number of anilines is 3. The molecule has 0 bridgehead atoms. The van der Waals surface area contributed by atoms with Crippen molar-refractivity contribution >= 4 is 55.9 Å². The van der Waals surface area contributed by atoms with Crippen LogP contribution in [0, 0.1) is 0 Å². The lowest BCUT2D eigenvalue weighted by Crippen LogP contribution is -2.10. The molecule has 298 valence electrons. The van der Waals surface area contributed by atoms with E-state index in [0.29, 0.717) is 0 Å². The first-order valence-corrected chi connectivity index (χ1v) is 21.8.